The van der Waals surface area contributed by atoms with Gasteiger partial charge >= 0.3 is 0 Å². The summed E-state index contributed by atoms with van der Waals surface area (Å²) in [6.07, 6.45) is 3.90. The van der Waals surface area contributed by atoms with E-state index in [1.807, 2.05) is 0 Å². The third-order valence-corrected chi connectivity index (χ3v) is 3.77. The molecule has 2 saturated heterocycles. The van der Waals surface area contributed by atoms with E-state index in [4.69, 9.17) is 5.73 Å². The quantitative estimate of drug-likeness (QED) is 0.613. The van der Waals surface area contributed by atoms with Gasteiger partial charge in [0, 0.05) is 19.1 Å². The molecule has 1 aromatic heterocycles. The SMILES string of the molecule is Nc1c(N2C[C@@H]3CCCN[C@@H]3C2)nc[nH]c1=O. The van der Waals surface area contributed by atoms with Crippen molar-refractivity contribution < 1.29 is 0 Å². The first-order valence-electron chi connectivity index (χ1n) is 6.07. The minimum Gasteiger partial charge on any atom is -0.391 e. The van der Waals surface area contributed by atoms with Gasteiger partial charge in [-0.05, 0) is 25.3 Å². The molecule has 2 aliphatic rings. The average molecular weight is 235 g/mol. The van der Waals surface area contributed by atoms with E-state index in [0.29, 0.717) is 17.8 Å². The number of anilines is 2. The van der Waals surface area contributed by atoms with E-state index in [1.54, 1.807) is 0 Å². The van der Waals surface area contributed by atoms with Crippen molar-refractivity contribution >= 4 is 11.5 Å². The molecule has 3 heterocycles. The maximum Gasteiger partial charge on any atom is 0.276 e. The van der Waals surface area contributed by atoms with Gasteiger partial charge < -0.3 is 20.9 Å². The zero-order valence-electron chi connectivity index (χ0n) is 9.65. The Labute approximate surface area is 99.2 Å². The first kappa shape index (κ1) is 10.6. The molecule has 6 heteroatoms. The molecule has 0 aromatic carbocycles. The smallest absolute Gasteiger partial charge is 0.276 e. The van der Waals surface area contributed by atoms with Gasteiger partial charge in [0.2, 0.25) is 0 Å². The van der Waals surface area contributed by atoms with E-state index >= 15 is 0 Å². The van der Waals surface area contributed by atoms with Crippen LogP contribution in [0.4, 0.5) is 11.5 Å². The highest BCUT2D eigenvalue weighted by Crippen LogP contribution is 2.29. The standard InChI is InChI=1S/C11H17N5O/c12-9-10(14-6-15-11(9)17)16-4-7-2-1-3-13-8(7)5-16/h6-8,13H,1-5,12H2,(H,14,15,17)/t7-,8+/m0/s1. The molecule has 1 aromatic rings. The first-order chi connectivity index (χ1) is 8.25. The maximum atomic E-state index is 11.4. The Morgan fingerprint density at radius 2 is 2.35 bits per heavy atom. The van der Waals surface area contributed by atoms with Gasteiger partial charge in [-0.2, -0.15) is 0 Å². The van der Waals surface area contributed by atoms with Crippen LogP contribution in [-0.2, 0) is 0 Å². The molecule has 2 atom stereocenters. The van der Waals surface area contributed by atoms with Crippen LogP contribution in [0.2, 0.25) is 0 Å². The molecule has 3 rings (SSSR count). The Balaban J connectivity index is 1.86. The summed E-state index contributed by atoms with van der Waals surface area (Å²) in [5, 5.41) is 3.52. The number of fused-ring (bicyclic) bond motifs is 1. The summed E-state index contributed by atoms with van der Waals surface area (Å²) in [5.74, 6) is 1.29. The van der Waals surface area contributed by atoms with Gasteiger partial charge in [-0.25, -0.2) is 4.98 Å². The minimum atomic E-state index is -0.252. The van der Waals surface area contributed by atoms with Gasteiger partial charge in [0.25, 0.3) is 5.56 Å². The molecule has 2 fully saturated rings. The van der Waals surface area contributed by atoms with E-state index < -0.39 is 0 Å². The zero-order valence-corrected chi connectivity index (χ0v) is 9.65. The number of hydrogen-bond acceptors (Lipinski definition) is 5. The Morgan fingerprint density at radius 1 is 1.47 bits per heavy atom. The Morgan fingerprint density at radius 3 is 3.18 bits per heavy atom. The molecule has 0 radical (unpaired) electrons. The number of H-pyrrole nitrogens is 1. The number of nitrogen functional groups attached to an aromatic ring is 1. The summed E-state index contributed by atoms with van der Waals surface area (Å²) in [5.41, 5.74) is 5.76. The molecule has 2 aliphatic heterocycles. The highest BCUT2D eigenvalue weighted by atomic mass is 16.1. The van der Waals surface area contributed by atoms with E-state index in [0.717, 1.165) is 19.6 Å². The van der Waals surface area contributed by atoms with Crippen LogP contribution < -0.4 is 21.5 Å². The molecule has 0 bridgehead atoms. The minimum absolute atomic E-state index is 0.228. The lowest BCUT2D eigenvalue weighted by Gasteiger charge is -2.24. The normalized spacial score (nSPS) is 28.1. The van der Waals surface area contributed by atoms with Gasteiger partial charge in [-0.1, -0.05) is 0 Å². The summed E-state index contributed by atoms with van der Waals surface area (Å²) in [6, 6.07) is 0.518. The van der Waals surface area contributed by atoms with Crippen molar-refractivity contribution in [1.82, 2.24) is 15.3 Å². The zero-order chi connectivity index (χ0) is 11.8. The number of aromatic amines is 1. The summed E-state index contributed by atoms with van der Waals surface area (Å²) >= 11 is 0. The summed E-state index contributed by atoms with van der Waals surface area (Å²) < 4.78 is 0. The number of hydrogen-bond donors (Lipinski definition) is 3. The van der Waals surface area contributed by atoms with Crippen LogP contribution in [0.15, 0.2) is 11.1 Å². The number of aromatic nitrogens is 2. The van der Waals surface area contributed by atoms with Crippen molar-refractivity contribution in [3.05, 3.63) is 16.7 Å². The van der Waals surface area contributed by atoms with Crippen molar-refractivity contribution in [2.75, 3.05) is 30.3 Å². The Kier molecular flexibility index (Phi) is 2.51. The van der Waals surface area contributed by atoms with Crippen LogP contribution in [0.1, 0.15) is 12.8 Å². The van der Waals surface area contributed by atoms with Crippen molar-refractivity contribution in [3.8, 4) is 0 Å². The number of nitrogens with one attached hydrogen (secondary N) is 2. The fraction of sp³-hybridized carbons (Fsp3) is 0.636. The summed E-state index contributed by atoms with van der Waals surface area (Å²) in [6.45, 7) is 2.93. The van der Waals surface area contributed by atoms with Crippen LogP contribution in [-0.4, -0.2) is 35.6 Å². The lowest BCUT2D eigenvalue weighted by molar-refractivity contribution is 0.340. The predicted molar refractivity (Wildman–Crippen MR) is 66.0 cm³/mol. The molecular weight excluding hydrogens is 218 g/mol. The van der Waals surface area contributed by atoms with Crippen LogP contribution in [0, 0.1) is 5.92 Å². The largest absolute Gasteiger partial charge is 0.391 e. The molecule has 0 spiro atoms. The predicted octanol–water partition coefficient (Wildman–Crippen LogP) is -0.460. The van der Waals surface area contributed by atoms with E-state index in [9.17, 15) is 4.79 Å². The topological polar surface area (TPSA) is 87.0 Å². The van der Waals surface area contributed by atoms with Gasteiger partial charge in [-0.15, -0.1) is 0 Å². The van der Waals surface area contributed by atoms with Crippen molar-refractivity contribution in [2.45, 2.75) is 18.9 Å². The van der Waals surface area contributed by atoms with Crippen LogP contribution >= 0.6 is 0 Å². The van der Waals surface area contributed by atoms with Gasteiger partial charge in [0.15, 0.2) is 5.82 Å². The first-order valence-corrected chi connectivity index (χ1v) is 6.07. The molecule has 4 N–H and O–H groups in total. The number of nitrogens with zero attached hydrogens (tertiary/aromatic N) is 2. The highest BCUT2D eigenvalue weighted by Gasteiger charge is 2.35. The van der Waals surface area contributed by atoms with Crippen LogP contribution in [0.25, 0.3) is 0 Å². The second kappa shape index (κ2) is 4.03. The Hall–Kier alpha value is -1.56. The molecule has 17 heavy (non-hydrogen) atoms. The van der Waals surface area contributed by atoms with Crippen LogP contribution in [0.5, 0.6) is 0 Å². The summed E-state index contributed by atoms with van der Waals surface area (Å²) in [7, 11) is 0. The number of piperidine rings is 1. The fourth-order valence-corrected chi connectivity index (χ4v) is 2.87. The third-order valence-electron chi connectivity index (χ3n) is 3.77. The Bertz CT molecular complexity index is 457. The average Bonchev–Trinajstić information content (AvgIpc) is 2.76. The molecule has 0 amide bonds. The molecule has 0 unspecified atom stereocenters. The fourth-order valence-electron chi connectivity index (χ4n) is 2.87. The number of nitrogens with two attached hydrogens (primary N) is 1. The maximum absolute atomic E-state index is 11.4. The van der Waals surface area contributed by atoms with Gasteiger partial charge in [0.1, 0.15) is 5.69 Å². The van der Waals surface area contributed by atoms with E-state index in [-0.39, 0.29) is 11.2 Å². The van der Waals surface area contributed by atoms with Gasteiger partial charge in [-0.3, -0.25) is 4.79 Å². The third kappa shape index (κ3) is 1.78. The molecule has 92 valence electrons. The highest BCUT2D eigenvalue weighted by molar-refractivity contribution is 5.61. The van der Waals surface area contributed by atoms with Crippen molar-refractivity contribution in [2.24, 2.45) is 5.92 Å². The second-order valence-corrected chi connectivity index (χ2v) is 4.84. The molecule has 0 saturated carbocycles. The summed E-state index contributed by atoms with van der Waals surface area (Å²) in [4.78, 5) is 20.3. The molecular formula is C11H17N5O. The van der Waals surface area contributed by atoms with E-state index in [1.165, 1.54) is 19.2 Å². The van der Waals surface area contributed by atoms with Crippen molar-refractivity contribution in [3.63, 3.8) is 0 Å². The van der Waals surface area contributed by atoms with Gasteiger partial charge in [0.05, 0.1) is 6.33 Å². The lowest BCUT2D eigenvalue weighted by atomic mass is 9.94. The molecule has 6 nitrogen and oxygen atoms in total. The van der Waals surface area contributed by atoms with Crippen LogP contribution in [0.3, 0.4) is 0 Å². The number of rotatable bonds is 1. The second-order valence-electron chi connectivity index (χ2n) is 4.84. The van der Waals surface area contributed by atoms with Crippen molar-refractivity contribution in [1.29, 1.82) is 0 Å². The monoisotopic (exact) mass is 235 g/mol. The lowest BCUT2D eigenvalue weighted by Crippen LogP contribution is -2.40. The van der Waals surface area contributed by atoms with E-state index in [2.05, 4.69) is 20.2 Å². The molecule has 0 aliphatic carbocycles.